The van der Waals surface area contributed by atoms with E-state index in [1.807, 2.05) is 25.2 Å². The topological polar surface area (TPSA) is 43.8 Å². The van der Waals surface area contributed by atoms with Crippen LogP contribution >= 0.6 is 11.6 Å². The quantitative estimate of drug-likeness (QED) is 0.891. The number of imidazole rings is 1. The van der Waals surface area contributed by atoms with Crippen LogP contribution < -0.4 is 5.73 Å². The van der Waals surface area contributed by atoms with Gasteiger partial charge in [-0.2, -0.15) is 0 Å². The van der Waals surface area contributed by atoms with Gasteiger partial charge in [0.1, 0.15) is 5.82 Å². The molecule has 0 spiro atoms. The zero-order valence-corrected chi connectivity index (χ0v) is 10.3. The first-order valence-electron chi connectivity index (χ1n) is 5.43. The number of hydrogen-bond donors (Lipinski definition) is 1. The lowest BCUT2D eigenvalue weighted by molar-refractivity contribution is 0.563. The maximum absolute atomic E-state index is 6.16. The van der Waals surface area contributed by atoms with Gasteiger partial charge in [-0.05, 0) is 24.6 Å². The van der Waals surface area contributed by atoms with Crippen LogP contribution in [0.4, 0.5) is 0 Å². The van der Waals surface area contributed by atoms with E-state index in [0.29, 0.717) is 12.5 Å². The number of aromatic nitrogens is 2. The number of para-hydroxylation sites is 1. The SMILES string of the molecule is CC(CN)Cc1nc2cccc(Cl)c2n1C. The minimum Gasteiger partial charge on any atom is -0.330 e. The number of nitrogens with zero attached hydrogens (tertiary/aromatic N) is 2. The van der Waals surface area contributed by atoms with Crippen molar-refractivity contribution in [3.63, 3.8) is 0 Å². The molecule has 1 atom stereocenters. The maximum atomic E-state index is 6.16. The number of hydrogen-bond acceptors (Lipinski definition) is 2. The molecule has 0 aliphatic carbocycles. The first-order valence-corrected chi connectivity index (χ1v) is 5.81. The Bertz CT molecular complexity index is 504. The van der Waals surface area contributed by atoms with Gasteiger partial charge in [0.15, 0.2) is 0 Å². The monoisotopic (exact) mass is 237 g/mol. The number of nitrogens with two attached hydrogens (primary N) is 1. The predicted molar refractivity (Wildman–Crippen MR) is 67.6 cm³/mol. The molecule has 0 saturated carbocycles. The summed E-state index contributed by atoms with van der Waals surface area (Å²) in [5.41, 5.74) is 7.59. The molecule has 0 fully saturated rings. The molecule has 1 unspecified atom stereocenters. The van der Waals surface area contributed by atoms with E-state index in [4.69, 9.17) is 17.3 Å². The molecule has 86 valence electrons. The van der Waals surface area contributed by atoms with Gasteiger partial charge in [-0.3, -0.25) is 0 Å². The molecule has 0 bridgehead atoms. The Labute approximate surface area is 100 Å². The summed E-state index contributed by atoms with van der Waals surface area (Å²) < 4.78 is 2.06. The van der Waals surface area contributed by atoms with Crippen LogP contribution in [0.3, 0.4) is 0 Å². The van der Waals surface area contributed by atoms with Crippen molar-refractivity contribution in [3.05, 3.63) is 29.0 Å². The molecule has 1 aromatic heterocycles. The van der Waals surface area contributed by atoms with Crippen molar-refractivity contribution in [1.82, 2.24) is 9.55 Å². The van der Waals surface area contributed by atoms with Crippen LogP contribution in [0.25, 0.3) is 11.0 Å². The largest absolute Gasteiger partial charge is 0.330 e. The fourth-order valence-electron chi connectivity index (χ4n) is 1.85. The van der Waals surface area contributed by atoms with E-state index in [1.54, 1.807) is 0 Å². The Morgan fingerprint density at radius 2 is 2.25 bits per heavy atom. The minimum atomic E-state index is 0.439. The lowest BCUT2D eigenvalue weighted by Crippen LogP contribution is -2.15. The van der Waals surface area contributed by atoms with E-state index in [-0.39, 0.29) is 0 Å². The van der Waals surface area contributed by atoms with Crippen molar-refractivity contribution in [2.75, 3.05) is 6.54 Å². The third-order valence-electron chi connectivity index (χ3n) is 2.87. The van der Waals surface area contributed by atoms with Gasteiger partial charge >= 0.3 is 0 Å². The summed E-state index contributed by atoms with van der Waals surface area (Å²) in [7, 11) is 2.00. The predicted octanol–water partition coefficient (Wildman–Crippen LogP) is 2.36. The zero-order chi connectivity index (χ0) is 11.7. The Hall–Kier alpha value is -1.06. The molecule has 0 saturated heterocycles. The van der Waals surface area contributed by atoms with Crippen LogP contribution in [-0.4, -0.2) is 16.1 Å². The van der Waals surface area contributed by atoms with Gasteiger partial charge in [0.05, 0.1) is 16.1 Å². The molecule has 2 N–H and O–H groups in total. The van der Waals surface area contributed by atoms with Gasteiger partial charge in [-0.1, -0.05) is 24.6 Å². The molecular weight excluding hydrogens is 222 g/mol. The number of halogens is 1. The Morgan fingerprint density at radius 1 is 1.50 bits per heavy atom. The molecule has 4 heteroatoms. The Kier molecular flexibility index (Phi) is 3.17. The van der Waals surface area contributed by atoms with E-state index in [2.05, 4.69) is 16.5 Å². The van der Waals surface area contributed by atoms with Gasteiger partial charge in [0.2, 0.25) is 0 Å². The van der Waals surface area contributed by atoms with Gasteiger partial charge < -0.3 is 10.3 Å². The van der Waals surface area contributed by atoms with Gasteiger partial charge in [0.25, 0.3) is 0 Å². The first kappa shape index (κ1) is 11.4. The summed E-state index contributed by atoms with van der Waals surface area (Å²) in [6.45, 7) is 2.80. The summed E-state index contributed by atoms with van der Waals surface area (Å²) in [5.74, 6) is 1.48. The van der Waals surface area contributed by atoms with Crippen molar-refractivity contribution in [1.29, 1.82) is 0 Å². The molecule has 0 aliphatic heterocycles. The molecule has 0 aliphatic rings. The number of aryl methyl sites for hydroxylation is 1. The molecule has 3 nitrogen and oxygen atoms in total. The minimum absolute atomic E-state index is 0.439. The normalized spacial score (nSPS) is 13.2. The Balaban J connectivity index is 2.48. The van der Waals surface area contributed by atoms with E-state index in [0.717, 1.165) is 28.3 Å². The third-order valence-corrected chi connectivity index (χ3v) is 3.18. The van der Waals surface area contributed by atoms with Crippen molar-refractivity contribution in [2.24, 2.45) is 18.7 Å². The number of fused-ring (bicyclic) bond motifs is 1. The third kappa shape index (κ3) is 1.93. The van der Waals surface area contributed by atoms with E-state index >= 15 is 0 Å². The fourth-order valence-corrected chi connectivity index (χ4v) is 2.14. The molecular formula is C12H16ClN3. The second-order valence-corrected chi connectivity index (χ2v) is 4.65. The highest BCUT2D eigenvalue weighted by Crippen LogP contribution is 2.24. The summed E-state index contributed by atoms with van der Waals surface area (Å²) in [4.78, 5) is 4.58. The van der Waals surface area contributed by atoms with Crippen molar-refractivity contribution in [3.8, 4) is 0 Å². The second-order valence-electron chi connectivity index (χ2n) is 4.24. The van der Waals surface area contributed by atoms with Crippen LogP contribution in [0.2, 0.25) is 5.02 Å². The van der Waals surface area contributed by atoms with Gasteiger partial charge in [0, 0.05) is 13.5 Å². The average Bonchev–Trinajstić information content (AvgIpc) is 2.57. The summed E-state index contributed by atoms with van der Waals surface area (Å²) >= 11 is 6.16. The standard InChI is InChI=1S/C12H16ClN3/c1-8(7-14)6-11-15-10-5-3-4-9(13)12(10)16(11)2/h3-5,8H,6-7,14H2,1-2H3. The second kappa shape index (κ2) is 4.44. The molecule has 0 amide bonds. The van der Waals surface area contributed by atoms with Crippen molar-refractivity contribution < 1.29 is 0 Å². The van der Waals surface area contributed by atoms with Crippen LogP contribution in [0.5, 0.6) is 0 Å². The first-order chi connectivity index (χ1) is 7.63. The number of rotatable bonds is 3. The van der Waals surface area contributed by atoms with E-state index in [9.17, 15) is 0 Å². The molecule has 0 radical (unpaired) electrons. The zero-order valence-electron chi connectivity index (χ0n) is 9.57. The van der Waals surface area contributed by atoms with Crippen LogP contribution in [0, 0.1) is 5.92 Å². The smallest absolute Gasteiger partial charge is 0.109 e. The highest BCUT2D eigenvalue weighted by atomic mass is 35.5. The van der Waals surface area contributed by atoms with Crippen LogP contribution in [0.15, 0.2) is 18.2 Å². The van der Waals surface area contributed by atoms with E-state index < -0.39 is 0 Å². The summed E-state index contributed by atoms with van der Waals surface area (Å²) in [6.07, 6.45) is 0.887. The summed E-state index contributed by atoms with van der Waals surface area (Å²) in [5, 5.41) is 0.749. The molecule has 2 aromatic rings. The molecule has 1 heterocycles. The fraction of sp³-hybridized carbons (Fsp3) is 0.417. The summed E-state index contributed by atoms with van der Waals surface area (Å²) in [6, 6.07) is 5.80. The molecule has 2 rings (SSSR count). The van der Waals surface area contributed by atoms with E-state index in [1.165, 1.54) is 0 Å². The van der Waals surface area contributed by atoms with Crippen molar-refractivity contribution >= 4 is 22.6 Å². The lowest BCUT2D eigenvalue weighted by atomic mass is 10.1. The number of benzene rings is 1. The van der Waals surface area contributed by atoms with Gasteiger partial charge in [-0.25, -0.2) is 4.98 Å². The van der Waals surface area contributed by atoms with Crippen LogP contribution in [0.1, 0.15) is 12.7 Å². The average molecular weight is 238 g/mol. The van der Waals surface area contributed by atoms with Crippen LogP contribution in [-0.2, 0) is 13.5 Å². The molecule has 1 aromatic carbocycles. The maximum Gasteiger partial charge on any atom is 0.109 e. The van der Waals surface area contributed by atoms with Crippen molar-refractivity contribution in [2.45, 2.75) is 13.3 Å². The Morgan fingerprint density at radius 3 is 2.88 bits per heavy atom. The van der Waals surface area contributed by atoms with Gasteiger partial charge in [-0.15, -0.1) is 0 Å². The lowest BCUT2D eigenvalue weighted by Gasteiger charge is -2.08. The highest BCUT2D eigenvalue weighted by molar-refractivity contribution is 6.35. The highest BCUT2D eigenvalue weighted by Gasteiger charge is 2.12. The molecule has 16 heavy (non-hydrogen) atoms.